The number of carbonyl (C=O) groups is 2. The molecule has 0 saturated heterocycles. The van der Waals surface area contributed by atoms with E-state index in [1.54, 1.807) is 18.2 Å². The van der Waals surface area contributed by atoms with Gasteiger partial charge < -0.3 is 20.3 Å². The number of hydrogen-bond acceptors (Lipinski definition) is 5. The number of hydrogen-bond donors (Lipinski definition) is 2. The third kappa shape index (κ3) is 6.04. The van der Waals surface area contributed by atoms with Crippen molar-refractivity contribution in [1.82, 2.24) is 10.2 Å². The summed E-state index contributed by atoms with van der Waals surface area (Å²) in [5, 5.41) is 6.40. The van der Waals surface area contributed by atoms with Crippen molar-refractivity contribution < 1.29 is 14.3 Å². The topological polar surface area (TPSA) is 70.7 Å². The molecule has 0 radical (unpaired) electrons. The molecule has 0 saturated carbocycles. The second-order valence-corrected chi connectivity index (χ2v) is 9.80. The molecule has 0 spiro atoms. The standard InChI is InChI=1S/C27H30ClN3O3S/c1-3-31(4-2)14-7-13-29-26(32)19-10-11-20-23(16-19)34-15-12-18-17-24(35-25(18)20)27(33)30-22-9-6-5-8-21(22)28/h5-6,8-11,16-17H,3-4,7,12-15H2,1-2H3,(H,29,32)(H,30,33). The molecule has 0 bridgehead atoms. The lowest BCUT2D eigenvalue weighted by atomic mass is 10.0. The van der Waals surface area contributed by atoms with Crippen LogP contribution in [0.2, 0.25) is 5.02 Å². The maximum Gasteiger partial charge on any atom is 0.265 e. The van der Waals surface area contributed by atoms with Crippen molar-refractivity contribution in [2.75, 3.05) is 38.1 Å². The highest BCUT2D eigenvalue weighted by molar-refractivity contribution is 7.17. The molecule has 2 heterocycles. The lowest BCUT2D eigenvalue weighted by molar-refractivity contribution is 0.0950. The minimum Gasteiger partial charge on any atom is -0.493 e. The Bertz CT molecular complexity index is 1210. The van der Waals surface area contributed by atoms with Gasteiger partial charge in [0, 0.05) is 29.0 Å². The van der Waals surface area contributed by atoms with Crippen molar-refractivity contribution in [2.45, 2.75) is 26.7 Å². The number of halogens is 1. The van der Waals surface area contributed by atoms with Gasteiger partial charge in [-0.05, 0) is 68.0 Å². The monoisotopic (exact) mass is 511 g/mol. The lowest BCUT2D eigenvalue weighted by Gasteiger charge is -2.17. The van der Waals surface area contributed by atoms with Crippen molar-refractivity contribution >= 4 is 40.4 Å². The molecule has 2 amide bonds. The van der Waals surface area contributed by atoms with Crippen LogP contribution >= 0.6 is 22.9 Å². The Morgan fingerprint density at radius 2 is 1.89 bits per heavy atom. The first kappa shape index (κ1) is 25.2. The van der Waals surface area contributed by atoms with Crippen LogP contribution in [0.3, 0.4) is 0 Å². The summed E-state index contributed by atoms with van der Waals surface area (Å²) in [4.78, 5) is 29.5. The highest BCUT2D eigenvalue weighted by Gasteiger charge is 2.22. The number of ether oxygens (including phenoxy) is 1. The summed E-state index contributed by atoms with van der Waals surface area (Å²) in [5.74, 6) is 0.366. The molecule has 6 nitrogen and oxygen atoms in total. The van der Waals surface area contributed by atoms with Gasteiger partial charge in [0.05, 0.1) is 22.2 Å². The van der Waals surface area contributed by atoms with Crippen LogP contribution in [0.1, 0.15) is 45.9 Å². The molecule has 4 rings (SSSR count). The SMILES string of the molecule is CCN(CC)CCCNC(=O)c1ccc2c(c1)OCCc1cc(C(=O)Nc3ccccc3Cl)sc1-2. The van der Waals surface area contributed by atoms with Gasteiger partial charge in [-0.2, -0.15) is 0 Å². The second-order valence-electron chi connectivity index (χ2n) is 8.34. The van der Waals surface area contributed by atoms with E-state index in [0.717, 1.165) is 42.1 Å². The highest BCUT2D eigenvalue weighted by atomic mass is 35.5. The molecule has 1 aliphatic rings. The fraction of sp³-hybridized carbons (Fsp3) is 0.333. The Kier molecular flexibility index (Phi) is 8.44. The number of rotatable bonds is 9. The van der Waals surface area contributed by atoms with Crippen LogP contribution in [0.25, 0.3) is 10.4 Å². The quantitative estimate of drug-likeness (QED) is 0.360. The van der Waals surface area contributed by atoms with Crippen LogP contribution in [0.4, 0.5) is 5.69 Å². The van der Waals surface area contributed by atoms with Crippen molar-refractivity contribution in [2.24, 2.45) is 0 Å². The van der Waals surface area contributed by atoms with E-state index in [1.165, 1.54) is 11.3 Å². The zero-order chi connectivity index (χ0) is 24.8. The van der Waals surface area contributed by atoms with E-state index in [1.807, 2.05) is 30.3 Å². The van der Waals surface area contributed by atoms with Gasteiger partial charge in [-0.3, -0.25) is 9.59 Å². The Labute approximate surface area is 215 Å². The van der Waals surface area contributed by atoms with Crippen molar-refractivity contribution in [3.8, 4) is 16.2 Å². The number of nitrogens with one attached hydrogen (secondary N) is 2. The summed E-state index contributed by atoms with van der Waals surface area (Å²) in [6, 6.07) is 14.6. The Morgan fingerprint density at radius 3 is 2.66 bits per heavy atom. The van der Waals surface area contributed by atoms with Gasteiger partial charge in [-0.15, -0.1) is 11.3 Å². The van der Waals surface area contributed by atoms with Crippen LogP contribution in [-0.4, -0.2) is 49.5 Å². The van der Waals surface area contributed by atoms with Crippen LogP contribution in [0.5, 0.6) is 5.75 Å². The molecule has 1 aliphatic heterocycles. The zero-order valence-electron chi connectivity index (χ0n) is 20.0. The van der Waals surface area contributed by atoms with Crippen molar-refractivity contribution in [3.63, 3.8) is 0 Å². The maximum absolute atomic E-state index is 12.9. The van der Waals surface area contributed by atoms with Gasteiger partial charge in [-0.1, -0.05) is 37.6 Å². The van der Waals surface area contributed by atoms with Crippen molar-refractivity contribution in [1.29, 1.82) is 0 Å². The second kappa shape index (κ2) is 11.7. The number of para-hydroxylation sites is 1. The molecule has 0 fully saturated rings. The van der Waals surface area contributed by atoms with Crippen molar-refractivity contribution in [3.05, 3.63) is 69.6 Å². The normalized spacial score (nSPS) is 12.3. The van der Waals surface area contributed by atoms with Gasteiger partial charge in [0.15, 0.2) is 0 Å². The van der Waals surface area contributed by atoms with Gasteiger partial charge in [0.2, 0.25) is 0 Å². The highest BCUT2D eigenvalue weighted by Crippen LogP contribution is 2.41. The molecule has 2 N–H and O–H groups in total. The maximum atomic E-state index is 12.9. The van der Waals surface area contributed by atoms with E-state index < -0.39 is 0 Å². The third-order valence-corrected chi connectivity index (χ3v) is 7.64. The van der Waals surface area contributed by atoms with E-state index in [9.17, 15) is 9.59 Å². The largest absolute Gasteiger partial charge is 0.493 e. The Morgan fingerprint density at radius 1 is 1.09 bits per heavy atom. The number of carbonyl (C=O) groups excluding carboxylic acids is 2. The van der Waals surface area contributed by atoms with Crippen LogP contribution in [-0.2, 0) is 6.42 Å². The third-order valence-electron chi connectivity index (χ3n) is 6.10. The lowest BCUT2D eigenvalue weighted by Crippen LogP contribution is -2.29. The van der Waals surface area contributed by atoms with E-state index >= 15 is 0 Å². The van der Waals surface area contributed by atoms with E-state index in [0.29, 0.717) is 46.5 Å². The predicted octanol–water partition coefficient (Wildman–Crippen LogP) is 5.72. The average molecular weight is 512 g/mol. The fourth-order valence-electron chi connectivity index (χ4n) is 4.09. The summed E-state index contributed by atoms with van der Waals surface area (Å²) in [7, 11) is 0. The summed E-state index contributed by atoms with van der Waals surface area (Å²) in [6.45, 7) is 8.40. The smallest absolute Gasteiger partial charge is 0.265 e. The van der Waals surface area contributed by atoms with Crippen LogP contribution < -0.4 is 15.4 Å². The molecular formula is C27H30ClN3O3S. The Hall–Kier alpha value is -2.87. The van der Waals surface area contributed by atoms with Crippen LogP contribution in [0, 0.1) is 0 Å². The first-order chi connectivity index (χ1) is 17.0. The first-order valence-corrected chi connectivity index (χ1v) is 13.2. The van der Waals surface area contributed by atoms with E-state index in [2.05, 4.69) is 29.4 Å². The van der Waals surface area contributed by atoms with E-state index in [4.69, 9.17) is 16.3 Å². The fourth-order valence-corrected chi connectivity index (χ4v) is 5.41. The zero-order valence-corrected chi connectivity index (χ0v) is 21.6. The number of amides is 2. The molecule has 2 aromatic carbocycles. The number of fused-ring (bicyclic) bond motifs is 3. The first-order valence-electron chi connectivity index (χ1n) is 12.0. The minimum absolute atomic E-state index is 0.105. The number of anilines is 1. The number of nitrogens with zero attached hydrogens (tertiary/aromatic N) is 1. The molecular weight excluding hydrogens is 482 g/mol. The average Bonchev–Trinajstić information content (AvgIpc) is 3.22. The summed E-state index contributed by atoms with van der Waals surface area (Å²) < 4.78 is 5.98. The Balaban J connectivity index is 1.46. The molecule has 0 aliphatic carbocycles. The number of benzene rings is 2. The summed E-state index contributed by atoms with van der Waals surface area (Å²) in [6.07, 6.45) is 1.60. The summed E-state index contributed by atoms with van der Waals surface area (Å²) in [5.41, 5.74) is 3.12. The van der Waals surface area contributed by atoms with Crippen LogP contribution in [0.15, 0.2) is 48.5 Å². The van der Waals surface area contributed by atoms with Gasteiger partial charge in [0.1, 0.15) is 5.75 Å². The molecule has 8 heteroatoms. The van der Waals surface area contributed by atoms with Gasteiger partial charge >= 0.3 is 0 Å². The molecule has 3 aromatic rings. The number of thiophene rings is 1. The molecule has 1 aromatic heterocycles. The molecule has 35 heavy (non-hydrogen) atoms. The molecule has 0 unspecified atom stereocenters. The predicted molar refractivity (Wildman–Crippen MR) is 143 cm³/mol. The molecule has 184 valence electrons. The van der Waals surface area contributed by atoms with E-state index in [-0.39, 0.29) is 11.8 Å². The molecule has 0 atom stereocenters. The summed E-state index contributed by atoms with van der Waals surface area (Å²) >= 11 is 7.61. The minimum atomic E-state index is -0.195. The van der Waals surface area contributed by atoms with Gasteiger partial charge in [-0.25, -0.2) is 0 Å². The van der Waals surface area contributed by atoms with Gasteiger partial charge in [0.25, 0.3) is 11.8 Å².